The van der Waals surface area contributed by atoms with Crippen LogP contribution in [0.25, 0.3) is 0 Å². The van der Waals surface area contributed by atoms with Crippen molar-refractivity contribution in [2.75, 3.05) is 25.6 Å². The van der Waals surface area contributed by atoms with Gasteiger partial charge in [-0.25, -0.2) is 0 Å². The standard InChI is InChI=1S/C18H24N2O2S/c1-13-7-5-8-16(14(13)2)19-18(23)20(10-12-21-4)15(3)17-9-6-11-22-17/h5-9,11,15H,10,12H2,1-4H3,(H,19,23)/t15-/m0/s1. The number of furan rings is 1. The smallest absolute Gasteiger partial charge is 0.174 e. The first kappa shape index (κ1) is 17.5. The average Bonchev–Trinajstić information content (AvgIpc) is 3.06. The summed E-state index contributed by atoms with van der Waals surface area (Å²) in [6.45, 7) is 7.55. The highest BCUT2D eigenvalue weighted by molar-refractivity contribution is 7.80. The maximum Gasteiger partial charge on any atom is 0.174 e. The Balaban J connectivity index is 2.17. The van der Waals surface area contributed by atoms with Crippen molar-refractivity contribution >= 4 is 23.0 Å². The molecule has 0 fully saturated rings. The molecule has 4 nitrogen and oxygen atoms in total. The first-order chi connectivity index (χ1) is 11.0. The van der Waals surface area contributed by atoms with E-state index in [4.69, 9.17) is 21.4 Å². The van der Waals surface area contributed by atoms with Gasteiger partial charge in [-0.1, -0.05) is 12.1 Å². The van der Waals surface area contributed by atoms with Gasteiger partial charge in [-0.3, -0.25) is 0 Å². The summed E-state index contributed by atoms with van der Waals surface area (Å²) in [6.07, 6.45) is 1.68. The lowest BCUT2D eigenvalue weighted by atomic mass is 10.1. The number of methoxy groups -OCH3 is 1. The molecule has 0 unspecified atom stereocenters. The summed E-state index contributed by atoms with van der Waals surface area (Å²) in [4.78, 5) is 2.08. The second kappa shape index (κ2) is 8.13. The number of hydrogen-bond acceptors (Lipinski definition) is 3. The third kappa shape index (κ3) is 4.33. The van der Waals surface area contributed by atoms with Crippen LogP contribution in [0.5, 0.6) is 0 Å². The van der Waals surface area contributed by atoms with Crippen molar-refractivity contribution in [1.82, 2.24) is 4.90 Å². The van der Waals surface area contributed by atoms with Crippen LogP contribution in [-0.4, -0.2) is 30.3 Å². The van der Waals surface area contributed by atoms with E-state index in [1.54, 1.807) is 13.4 Å². The number of benzene rings is 1. The highest BCUT2D eigenvalue weighted by Crippen LogP contribution is 2.23. The van der Waals surface area contributed by atoms with E-state index in [-0.39, 0.29) is 6.04 Å². The number of anilines is 1. The monoisotopic (exact) mass is 332 g/mol. The Morgan fingerprint density at radius 1 is 1.30 bits per heavy atom. The highest BCUT2D eigenvalue weighted by Gasteiger charge is 2.21. The SMILES string of the molecule is COCCN(C(=S)Nc1cccc(C)c1C)[C@@H](C)c1ccco1. The van der Waals surface area contributed by atoms with Gasteiger partial charge in [0.05, 0.1) is 18.9 Å². The Morgan fingerprint density at radius 3 is 2.74 bits per heavy atom. The van der Waals surface area contributed by atoms with E-state index in [1.807, 2.05) is 24.3 Å². The van der Waals surface area contributed by atoms with Crippen LogP contribution < -0.4 is 5.32 Å². The predicted octanol–water partition coefficient (Wildman–Crippen LogP) is 4.30. The van der Waals surface area contributed by atoms with Crippen LogP contribution in [0.2, 0.25) is 0 Å². The lowest BCUT2D eigenvalue weighted by molar-refractivity contribution is 0.160. The molecule has 2 rings (SSSR count). The van der Waals surface area contributed by atoms with Crippen molar-refractivity contribution in [2.45, 2.75) is 26.8 Å². The molecule has 5 heteroatoms. The molecule has 1 aromatic heterocycles. The fourth-order valence-electron chi connectivity index (χ4n) is 2.42. The van der Waals surface area contributed by atoms with Crippen molar-refractivity contribution in [1.29, 1.82) is 0 Å². The summed E-state index contributed by atoms with van der Waals surface area (Å²) in [5, 5.41) is 4.03. The predicted molar refractivity (Wildman–Crippen MR) is 97.8 cm³/mol. The molecule has 0 aliphatic rings. The van der Waals surface area contributed by atoms with Gasteiger partial charge >= 0.3 is 0 Å². The number of aryl methyl sites for hydroxylation is 1. The van der Waals surface area contributed by atoms with Gasteiger partial charge in [0.2, 0.25) is 0 Å². The molecule has 1 N–H and O–H groups in total. The van der Waals surface area contributed by atoms with Gasteiger partial charge in [-0.05, 0) is 62.3 Å². The molecule has 0 saturated heterocycles. The topological polar surface area (TPSA) is 37.6 Å². The summed E-state index contributed by atoms with van der Waals surface area (Å²) in [6, 6.07) is 10.1. The molecular weight excluding hydrogens is 308 g/mol. The third-order valence-electron chi connectivity index (χ3n) is 4.07. The van der Waals surface area contributed by atoms with Crippen molar-refractivity contribution in [3.8, 4) is 0 Å². The normalized spacial score (nSPS) is 12.0. The molecular formula is C18H24N2O2S. The molecule has 1 heterocycles. The largest absolute Gasteiger partial charge is 0.467 e. The fourth-order valence-corrected chi connectivity index (χ4v) is 2.78. The number of ether oxygens (including phenoxy) is 1. The van der Waals surface area contributed by atoms with E-state index in [0.717, 1.165) is 11.4 Å². The lowest BCUT2D eigenvalue weighted by Crippen LogP contribution is -2.39. The van der Waals surface area contributed by atoms with Crippen LogP contribution in [0.3, 0.4) is 0 Å². The zero-order valence-corrected chi connectivity index (χ0v) is 14.9. The Morgan fingerprint density at radius 2 is 2.09 bits per heavy atom. The van der Waals surface area contributed by atoms with Crippen LogP contribution in [0.1, 0.15) is 29.9 Å². The minimum Gasteiger partial charge on any atom is -0.467 e. The quantitative estimate of drug-likeness (QED) is 0.798. The van der Waals surface area contributed by atoms with Crippen LogP contribution in [0.15, 0.2) is 41.0 Å². The molecule has 0 bridgehead atoms. The van der Waals surface area contributed by atoms with Gasteiger partial charge < -0.3 is 19.4 Å². The van der Waals surface area contributed by atoms with Crippen molar-refractivity contribution in [3.63, 3.8) is 0 Å². The van der Waals surface area contributed by atoms with E-state index in [2.05, 4.69) is 37.1 Å². The third-order valence-corrected chi connectivity index (χ3v) is 4.40. The first-order valence-corrected chi connectivity index (χ1v) is 8.11. The molecule has 0 amide bonds. The highest BCUT2D eigenvalue weighted by atomic mass is 32.1. The van der Waals surface area contributed by atoms with Crippen molar-refractivity contribution in [2.24, 2.45) is 0 Å². The van der Waals surface area contributed by atoms with Gasteiger partial charge in [-0.15, -0.1) is 0 Å². The molecule has 2 aromatic rings. The zero-order valence-electron chi connectivity index (χ0n) is 14.1. The van der Waals surface area contributed by atoms with Crippen LogP contribution >= 0.6 is 12.2 Å². The Labute approximate surface area is 143 Å². The van der Waals surface area contributed by atoms with Gasteiger partial charge in [0, 0.05) is 19.3 Å². The molecule has 0 aliphatic carbocycles. The maximum absolute atomic E-state index is 5.64. The van der Waals surface area contributed by atoms with Gasteiger partial charge in [0.1, 0.15) is 5.76 Å². The molecule has 0 spiro atoms. The van der Waals surface area contributed by atoms with Crippen LogP contribution in [-0.2, 0) is 4.74 Å². The molecule has 124 valence electrons. The van der Waals surface area contributed by atoms with E-state index < -0.39 is 0 Å². The minimum atomic E-state index is 0.0327. The average molecular weight is 332 g/mol. The number of nitrogens with one attached hydrogen (secondary N) is 1. The van der Waals surface area contributed by atoms with E-state index in [1.165, 1.54) is 11.1 Å². The Kier molecular flexibility index (Phi) is 6.19. The number of hydrogen-bond donors (Lipinski definition) is 1. The maximum atomic E-state index is 5.64. The van der Waals surface area contributed by atoms with Crippen LogP contribution in [0.4, 0.5) is 5.69 Å². The fraction of sp³-hybridized carbons (Fsp3) is 0.389. The summed E-state index contributed by atoms with van der Waals surface area (Å²) >= 11 is 5.64. The van der Waals surface area contributed by atoms with Gasteiger partial charge in [0.25, 0.3) is 0 Å². The second-order valence-electron chi connectivity index (χ2n) is 5.56. The summed E-state index contributed by atoms with van der Waals surface area (Å²) < 4.78 is 10.8. The zero-order chi connectivity index (χ0) is 16.8. The van der Waals surface area contributed by atoms with E-state index in [0.29, 0.717) is 18.3 Å². The first-order valence-electron chi connectivity index (χ1n) is 7.70. The number of rotatable bonds is 6. The van der Waals surface area contributed by atoms with E-state index in [9.17, 15) is 0 Å². The number of thiocarbonyl (C=S) groups is 1. The van der Waals surface area contributed by atoms with Gasteiger partial charge in [0.15, 0.2) is 5.11 Å². The molecule has 1 atom stereocenters. The van der Waals surface area contributed by atoms with E-state index >= 15 is 0 Å². The summed E-state index contributed by atoms with van der Waals surface area (Å²) in [5.41, 5.74) is 3.47. The van der Waals surface area contributed by atoms with Crippen molar-refractivity contribution < 1.29 is 9.15 Å². The molecule has 0 radical (unpaired) electrons. The van der Waals surface area contributed by atoms with Crippen molar-refractivity contribution in [3.05, 3.63) is 53.5 Å². The Bertz CT molecular complexity index is 640. The summed E-state index contributed by atoms with van der Waals surface area (Å²) in [5.74, 6) is 0.881. The van der Waals surface area contributed by atoms with Crippen LogP contribution in [0, 0.1) is 13.8 Å². The Hall–Kier alpha value is -1.85. The molecule has 0 aliphatic heterocycles. The molecule has 23 heavy (non-hydrogen) atoms. The molecule has 1 aromatic carbocycles. The lowest BCUT2D eigenvalue weighted by Gasteiger charge is -2.31. The number of nitrogens with zero attached hydrogens (tertiary/aromatic N) is 1. The second-order valence-corrected chi connectivity index (χ2v) is 5.94. The minimum absolute atomic E-state index is 0.0327. The molecule has 0 saturated carbocycles. The van der Waals surface area contributed by atoms with Gasteiger partial charge in [-0.2, -0.15) is 0 Å². The summed E-state index contributed by atoms with van der Waals surface area (Å²) in [7, 11) is 1.69.